The number of nitrogens with two attached hydrogens (primary N) is 1. The summed E-state index contributed by atoms with van der Waals surface area (Å²) in [7, 11) is 1.21. The van der Waals surface area contributed by atoms with E-state index in [9.17, 15) is 14.4 Å². The zero-order chi connectivity index (χ0) is 21.4. The molecule has 1 amide bonds. The maximum atomic E-state index is 12.1. The van der Waals surface area contributed by atoms with Crippen LogP contribution in [-0.4, -0.2) is 54.9 Å². The number of carbonyl (C=O) groups excluding carboxylic acids is 2. The molecule has 0 fully saturated rings. The zero-order valence-electron chi connectivity index (χ0n) is 17.6. The maximum absolute atomic E-state index is 12.1. The second-order valence-corrected chi connectivity index (χ2v) is 8.19. The molecule has 0 aromatic rings. The number of aliphatic carboxylic acids is 1. The Labute approximate surface area is 162 Å². The van der Waals surface area contributed by atoms with Gasteiger partial charge < -0.3 is 25.6 Å². The van der Waals surface area contributed by atoms with Crippen LogP contribution in [0.2, 0.25) is 0 Å². The molecule has 0 unspecified atom stereocenters. The SMILES string of the molecule is CCC(C)(C)C(OC[C@H](NC(=O)[C@@H](N)CC(=O)O)C(=O)OC)C(C)(C)CC. The van der Waals surface area contributed by atoms with Crippen LogP contribution in [-0.2, 0) is 23.9 Å². The van der Waals surface area contributed by atoms with Crippen molar-refractivity contribution in [1.82, 2.24) is 5.32 Å². The van der Waals surface area contributed by atoms with E-state index in [1.807, 2.05) is 0 Å². The molecule has 0 heterocycles. The highest BCUT2D eigenvalue weighted by atomic mass is 16.5. The molecular formula is C19H36N2O6. The smallest absolute Gasteiger partial charge is 0.330 e. The fourth-order valence-electron chi connectivity index (χ4n) is 2.94. The summed E-state index contributed by atoms with van der Waals surface area (Å²) in [4.78, 5) is 34.9. The van der Waals surface area contributed by atoms with Crippen LogP contribution in [0.3, 0.4) is 0 Å². The summed E-state index contributed by atoms with van der Waals surface area (Å²) < 4.78 is 10.9. The Kier molecular flexibility index (Phi) is 9.95. The Balaban J connectivity index is 5.30. The molecule has 0 aromatic carbocycles. The lowest BCUT2D eigenvalue weighted by Gasteiger charge is -2.44. The lowest BCUT2D eigenvalue weighted by atomic mass is 9.69. The maximum Gasteiger partial charge on any atom is 0.330 e. The van der Waals surface area contributed by atoms with E-state index in [4.69, 9.17) is 20.3 Å². The monoisotopic (exact) mass is 388 g/mol. The highest BCUT2D eigenvalue weighted by Gasteiger charge is 2.40. The van der Waals surface area contributed by atoms with Gasteiger partial charge in [-0.3, -0.25) is 9.59 Å². The summed E-state index contributed by atoms with van der Waals surface area (Å²) in [5.41, 5.74) is 5.26. The molecule has 4 N–H and O–H groups in total. The number of hydrogen-bond acceptors (Lipinski definition) is 6. The van der Waals surface area contributed by atoms with Gasteiger partial charge in [0.2, 0.25) is 5.91 Å². The third-order valence-corrected chi connectivity index (χ3v) is 5.21. The van der Waals surface area contributed by atoms with Gasteiger partial charge >= 0.3 is 11.9 Å². The van der Waals surface area contributed by atoms with Crippen molar-refractivity contribution in [1.29, 1.82) is 0 Å². The van der Waals surface area contributed by atoms with Crippen molar-refractivity contribution in [2.75, 3.05) is 13.7 Å². The molecule has 0 aliphatic carbocycles. The molecule has 158 valence electrons. The molecule has 0 spiro atoms. The standard InChI is InChI=1S/C19H36N2O6/c1-8-18(3,4)17(19(5,6)9-2)27-11-13(16(25)26-7)21-15(24)12(20)10-14(22)23/h12-13,17H,8-11,20H2,1-7H3,(H,21,24)(H,22,23)/t12-,13-/m0/s1. The molecule has 0 aliphatic heterocycles. The Bertz CT molecular complexity index is 502. The van der Waals surface area contributed by atoms with Crippen LogP contribution in [0.25, 0.3) is 0 Å². The quantitative estimate of drug-likeness (QED) is 0.434. The minimum absolute atomic E-state index is 0.0876. The van der Waals surface area contributed by atoms with E-state index < -0.39 is 36.4 Å². The number of carbonyl (C=O) groups is 3. The lowest BCUT2D eigenvalue weighted by molar-refractivity contribution is -0.152. The molecule has 0 saturated carbocycles. The average molecular weight is 389 g/mol. The van der Waals surface area contributed by atoms with Crippen LogP contribution in [0, 0.1) is 10.8 Å². The molecule has 27 heavy (non-hydrogen) atoms. The second-order valence-electron chi connectivity index (χ2n) is 8.19. The number of carboxylic acids is 1. The van der Waals surface area contributed by atoms with Gasteiger partial charge in [-0.05, 0) is 23.7 Å². The lowest BCUT2D eigenvalue weighted by Crippen LogP contribution is -2.53. The van der Waals surface area contributed by atoms with Crippen molar-refractivity contribution < 1.29 is 29.0 Å². The summed E-state index contributed by atoms with van der Waals surface area (Å²) in [6, 6.07) is -2.32. The minimum atomic E-state index is -1.26. The fraction of sp³-hybridized carbons (Fsp3) is 0.842. The molecule has 0 saturated heterocycles. The van der Waals surface area contributed by atoms with E-state index in [0.29, 0.717) is 0 Å². The first-order valence-corrected chi connectivity index (χ1v) is 9.29. The van der Waals surface area contributed by atoms with Crippen molar-refractivity contribution in [2.24, 2.45) is 16.6 Å². The van der Waals surface area contributed by atoms with Gasteiger partial charge in [-0.15, -0.1) is 0 Å². The zero-order valence-corrected chi connectivity index (χ0v) is 17.6. The number of carboxylic acid groups (broad SMARTS) is 1. The van der Waals surface area contributed by atoms with E-state index in [-0.39, 0.29) is 23.5 Å². The van der Waals surface area contributed by atoms with E-state index in [1.54, 1.807) is 0 Å². The summed E-state index contributed by atoms with van der Waals surface area (Å²) in [5.74, 6) is -2.61. The Morgan fingerprint density at radius 2 is 1.56 bits per heavy atom. The van der Waals surface area contributed by atoms with Crippen LogP contribution in [0.4, 0.5) is 0 Å². The Morgan fingerprint density at radius 1 is 1.07 bits per heavy atom. The Morgan fingerprint density at radius 3 is 1.93 bits per heavy atom. The van der Waals surface area contributed by atoms with Gasteiger partial charge in [-0.2, -0.15) is 0 Å². The van der Waals surface area contributed by atoms with Crippen molar-refractivity contribution >= 4 is 17.8 Å². The first kappa shape index (κ1) is 25.3. The van der Waals surface area contributed by atoms with Crippen molar-refractivity contribution in [3.8, 4) is 0 Å². The number of ether oxygens (including phenoxy) is 2. The molecule has 0 aromatic heterocycles. The molecule has 8 nitrogen and oxygen atoms in total. The largest absolute Gasteiger partial charge is 0.481 e. The van der Waals surface area contributed by atoms with Crippen LogP contribution >= 0.6 is 0 Å². The molecule has 0 rings (SSSR count). The van der Waals surface area contributed by atoms with Crippen LogP contribution in [0.5, 0.6) is 0 Å². The van der Waals surface area contributed by atoms with Gasteiger partial charge in [0.15, 0.2) is 6.04 Å². The molecule has 0 bridgehead atoms. The highest BCUT2D eigenvalue weighted by Crippen LogP contribution is 2.40. The van der Waals surface area contributed by atoms with Gasteiger partial charge in [0, 0.05) is 0 Å². The number of amides is 1. The van der Waals surface area contributed by atoms with Gasteiger partial charge in [-0.25, -0.2) is 4.79 Å². The van der Waals surface area contributed by atoms with Gasteiger partial charge in [0.05, 0.1) is 32.3 Å². The summed E-state index contributed by atoms with van der Waals surface area (Å²) in [6.45, 7) is 12.5. The van der Waals surface area contributed by atoms with E-state index in [2.05, 4.69) is 46.9 Å². The number of methoxy groups -OCH3 is 1. The van der Waals surface area contributed by atoms with Gasteiger partial charge in [0.25, 0.3) is 0 Å². The summed E-state index contributed by atoms with van der Waals surface area (Å²) in [6.07, 6.45) is 1.05. The number of nitrogens with one attached hydrogen (secondary N) is 1. The fourth-order valence-corrected chi connectivity index (χ4v) is 2.94. The second kappa shape index (κ2) is 10.6. The highest BCUT2D eigenvalue weighted by molar-refractivity contribution is 5.89. The van der Waals surface area contributed by atoms with Gasteiger partial charge in [-0.1, -0.05) is 41.5 Å². The molecule has 0 aliphatic rings. The average Bonchev–Trinajstić information content (AvgIpc) is 2.58. The number of esters is 1. The first-order valence-electron chi connectivity index (χ1n) is 9.29. The van der Waals surface area contributed by atoms with Crippen molar-refractivity contribution in [3.63, 3.8) is 0 Å². The van der Waals surface area contributed by atoms with Crippen LogP contribution < -0.4 is 11.1 Å². The number of rotatable bonds is 12. The summed E-state index contributed by atoms with van der Waals surface area (Å²) in [5, 5.41) is 11.2. The summed E-state index contributed by atoms with van der Waals surface area (Å²) >= 11 is 0. The Hall–Kier alpha value is -1.67. The van der Waals surface area contributed by atoms with E-state index in [1.165, 1.54) is 7.11 Å². The third kappa shape index (κ3) is 7.84. The third-order valence-electron chi connectivity index (χ3n) is 5.21. The van der Waals surface area contributed by atoms with Crippen molar-refractivity contribution in [2.45, 2.75) is 79.0 Å². The number of hydrogen-bond donors (Lipinski definition) is 3. The predicted octanol–water partition coefficient (Wildman–Crippen LogP) is 1.70. The molecular weight excluding hydrogens is 352 g/mol. The molecule has 2 atom stereocenters. The van der Waals surface area contributed by atoms with E-state index in [0.717, 1.165) is 12.8 Å². The topological polar surface area (TPSA) is 128 Å². The minimum Gasteiger partial charge on any atom is -0.481 e. The van der Waals surface area contributed by atoms with Crippen molar-refractivity contribution in [3.05, 3.63) is 0 Å². The first-order chi connectivity index (χ1) is 12.3. The van der Waals surface area contributed by atoms with Gasteiger partial charge in [0.1, 0.15) is 0 Å². The normalized spacial score (nSPS) is 14.6. The van der Waals surface area contributed by atoms with E-state index >= 15 is 0 Å². The molecule has 8 heteroatoms. The van der Waals surface area contributed by atoms with Crippen LogP contribution in [0.15, 0.2) is 0 Å². The predicted molar refractivity (Wildman–Crippen MR) is 102 cm³/mol. The molecule has 0 radical (unpaired) electrons. The van der Waals surface area contributed by atoms with Crippen LogP contribution in [0.1, 0.15) is 60.8 Å².